The van der Waals surface area contributed by atoms with E-state index < -0.39 is 7.82 Å². The van der Waals surface area contributed by atoms with Crippen LogP contribution in [-0.2, 0) is 4.57 Å². The summed E-state index contributed by atoms with van der Waals surface area (Å²) in [5.74, 6) is 1.42. The SMILES string of the molecule is COc1cc(-n2nncc2-c2ccc(OP(=O)(O)O)cc2)cc(OC)c1OC.[NaH].[NaH]. The number of phosphoric acid groups is 1. The van der Waals surface area contributed by atoms with Crippen LogP contribution < -0.4 is 18.7 Å². The van der Waals surface area contributed by atoms with Crippen LogP contribution in [0.1, 0.15) is 0 Å². The molecule has 1 aromatic heterocycles. The van der Waals surface area contributed by atoms with Gasteiger partial charge in [-0.1, -0.05) is 5.21 Å². The van der Waals surface area contributed by atoms with Gasteiger partial charge in [-0.15, -0.1) is 5.10 Å². The number of phosphoric ester groups is 1. The number of hydrogen-bond acceptors (Lipinski definition) is 7. The first-order valence-electron chi connectivity index (χ1n) is 7.93. The summed E-state index contributed by atoms with van der Waals surface area (Å²) in [6, 6.07) is 9.62. The van der Waals surface area contributed by atoms with Gasteiger partial charge in [0.25, 0.3) is 0 Å². The summed E-state index contributed by atoms with van der Waals surface area (Å²) in [6.07, 6.45) is 1.56. The van der Waals surface area contributed by atoms with Gasteiger partial charge < -0.3 is 18.7 Å². The Kier molecular flexibility index (Phi) is 10.4. The van der Waals surface area contributed by atoms with Crippen molar-refractivity contribution >= 4 is 66.9 Å². The molecule has 0 saturated carbocycles. The van der Waals surface area contributed by atoms with E-state index in [1.807, 2.05) is 0 Å². The summed E-state index contributed by atoms with van der Waals surface area (Å²) in [6.45, 7) is 0. The average molecular weight is 455 g/mol. The van der Waals surface area contributed by atoms with Gasteiger partial charge in [0.05, 0.1) is 38.9 Å². The first-order valence-corrected chi connectivity index (χ1v) is 9.46. The van der Waals surface area contributed by atoms with Gasteiger partial charge in [0.1, 0.15) is 5.75 Å². The predicted molar refractivity (Wildman–Crippen MR) is 113 cm³/mol. The van der Waals surface area contributed by atoms with E-state index in [9.17, 15) is 4.57 Å². The van der Waals surface area contributed by atoms with E-state index in [4.69, 9.17) is 24.0 Å². The van der Waals surface area contributed by atoms with Crippen molar-refractivity contribution in [1.29, 1.82) is 0 Å². The normalized spacial score (nSPS) is 10.4. The second kappa shape index (κ2) is 11.5. The van der Waals surface area contributed by atoms with Crippen LogP contribution in [0.25, 0.3) is 16.9 Å². The van der Waals surface area contributed by atoms with Crippen LogP contribution in [0.3, 0.4) is 0 Å². The zero-order valence-corrected chi connectivity index (χ0v) is 16.2. The summed E-state index contributed by atoms with van der Waals surface area (Å²) in [5, 5.41) is 8.06. The number of benzene rings is 2. The quantitative estimate of drug-likeness (QED) is 0.398. The van der Waals surface area contributed by atoms with Crippen molar-refractivity contribution in [2.24, 2.45) is 0 Å². The fourth-order valence-corrected chi connectivity index (χ4v) is 3.03. The standard InChI is InChI=1S/C17H18N3O7P.2Na.2H/c1-24-15-8-12(9-16(25-2)17(15)26-3)20-14(10-18-19-20)11-4-6-13(7-5-11)27-28(21,22)23;;;;/h4-10H,1-3H3,(H2,21,22,23);;;;. The third-order valence-corrected chi connectivity index (χ3v) is 4.27. The van der Waals surface area contributed by atoms with Crippen LogP contribution in [0, 0.1) is 0 Å². The monoisotopic (exact) mass is 455 g/mol. The van der Waals surface area contributed by atoms with Crippen molar-refractivity contribution in [1.82, 2.24) is 15.0 Å². The van der Waals surface area contributed by atoms with Gasteiger partial charge in [0, 0.05) is 17.7 Å². The Hall–Kier alpha value is -1.07. The summed E-state index contributed by atoms with van der Waals surface area (Å²) < 4.78 is 33.1. The molecular weight excluding hydrogens is 435 g/mol. The minimum atomic E-state index is -4.62. The number of aromatic nitrogens is 3. The average Bonchev–Trinajstić information content (AvgIpc) is 3.15. The van der Waals surface area contributed by atoms with Crippen LogP contribution in [-0.4, -0.2) is 105 Å². The van der Waals surface area contributed by atoms with Crippen LogP contribution >= 0.6 is 7.82 Å². The number of methoxy groups -OCH3 is 3. The molecule has 0 radical (unpaired) electrons. The van der Waals surface area contributed by atoms with Crippen molar-refractivity contribution in [2.75, 3.05) is 21.3 Å². The van der Waals surface area contributed by atoms with E-state index in [1.165, 1.54) is 33.5 Å². The van der Waals surface area contributed by atoms with Crippen LogP contribution in [0.15, 0.2) is 42.6 Å². The molecular formula is C17H20N3Na2O7P. The van der Waals surface area contributed by atoms with Gasteiger partial charge in [0.2, 0.25) is 5.75 Å². The van der Waals surface area contributed by atoms with Crippen LogP contribution in [0.4, 0.5) is 0 Å². The molecule has 0 atom stereocenters. The molecule has 3 rings (SSSR count). The Bertz CT molecular complexity index is 999. The predicted octanol–water partition coefficient (Wildman–Crippen LogP) is 1.13. The van der Waals surface area contributed by atoms with Crippen molar-refractivity contribution in [2.45, 2.75) is 0 Å². The molecule has 0 aliphatic heterocycles. The van der Waals surface area contributed by atoms with E-state index in [0.717, 1.165) is 0 Å². The van der Waals surface area contributed by atoms with Crippen molar-refractivity contribution in [3.63, 3.8) is 0 Å². The molecule has 13 heteroatoms. The Morgan fingerprint density at radius 3 is 1.97 bits per heavy atom. The van der Waals surface area contributed by atoms with E-state index in [2.05, 4.69) is 14.8 Å². The third kappa shape index (κ3) is 6.23. The molecule has 2 aromatic carbocycles. The van der Waals surface area contributed by atoms with E-state index in [0.29, 0.717) is 34.2 Å². The van der Waals surface area contributed by atoms with Gasteiger partial charge in [-0.25, -0.2) is 9.25 Å². The fourth-order valence-electron chi connectivity index (χ4n) is 2.64. The van der Waals surface area contributed by atoms with Gasteiger partial charge in [-0.05, 0) is 24.3 Å². The summed E-state index contributed by atoms with van der Waals surface area (Å²) >= 11 is 0. The van der Waals surface area contributed by atoms with Gasteiger partial charge in [-0.2, -0.15) is 0 Å². The molecule has 0 spiro atoms. The van der Waals surface area contributed by atoms with E-state index in [1.54, 1.807) is 35.1 Å². The second-order valence-corrected chi connectivity index (χ2v) is 6.68. The minimum absolute atomic E-state index is 0. The van der Waals surface area contributed by atoms with Crippen molar-refractivity contribution < 1.29 is 33.1 Å². The number of ether oxygens (including phenoxy) is 3. The van der Waals surface area contributed by atoms with E-state index in [-0.39, 0.29) is 64.9 Å². The molecule has 0 fully saturated rings. The third-order valence-electron chi connectivity index (χ3n) is 3.82. The molecule has 1 heterocycles. The molecule has 10 nitrogen and oxygen atoms in total. The van der Waals surface area contributed by atoms with Crippen LogP contribution in [0.5, 0.6) is 23.0 Å². The maximum absolute atomic E-state index is 10.9. The van der Waals surface area contributed by atoms with Gasteiger partial charge in [-0.3, -0.25) is 9.79 Å². The molecule has 152 valence electrons. The molecule has 30 heavy (non-hydrogen) atoms. The Labute approximate surface area is 217 Å². The van der Waals surface area contributed by atoms with Crippen LogP contribution in [0.2, 0.25) is 0 Å². The van der Waals surface area contributed by atoms with Gasteiger partial charge >= 0.3 is 66.9 Å². The number of rotatable bonds is 7. The fraction of sp³-hybridized carbons (Fsp3) is 0.176. The molecule has 3 aromatic rings. The maximum atomic E-state index is 10.9. The summed E-state index contributed by atoms with van der Waals surface area (Å²) in [4.78, 5) is 17.8. The molecule has 0 amide bonds. The van der Waals surface area contributed by atoms with Gasteiger partial charge in [0.15, 0.2) is 11.5 Å². The second-order valence-electron chi connectivity index (χ2n) is 5.52. The molecule has 0 bridgehead atoms. The first-order chi connectivity index (χ1) is 13.4. The Morgan fingerprint density at radius 2 is 1.50 bits per heavy atom. The molecule has 0 aliphatic rings. The first kappa shape index (κ1) is 27.0. The number of hydrogen-bond donors (Lipinski definition) is 2. The summed E-state index contributed by atoms with van der Waals surface area (Å²) in [7, 11) is -0.0658. The van der Waals surface area contributed by atoms with E-state index >= 15 is 0 Å². The molecule has 0 aliphatic carbocycles. The van der Waals surface area contributed by atoms with Crippen molar-refractivity contribution in [3.05, 3.63) is 42.6 Å². The zero-order valence-electron chi connectivity index (χ0n) is 15.3. The Balaban J connectivity index is 0.00000225. The molecule has 0 unspecified atom stereocenters. The summed E-state index contributed by atoms with van der Waals surface area (Å²) in [5.41, 5.74) is 1.96. The molecule has 0 saturated heterocycles. The zero-order chi connectivity index (χ0) is 20.3. The topological polar surface area (TPSA) is 125 Å². The number of nitrogens with zero attached hydrogens (tertiary/aromatic N) is 3. The Morgan fingerprint density at radius 1 is 0.933 bits per heavy atom. The molecule has 2 N–H and O–H groups in total. The van der Waals surface area contributed by atoms with Crippen molar-refractivity contribution in [3.8, 4) is 39.9 Å².